The first-order valence-corrected chi connectivity index (χ1v) is 9.94. The van der Waals surface area contributed by atoms with Crippen molar-refractivity contribution in [2.75, 3.05) is 31.1 Å². The van der Waals surface area contributed by atoms with Crippen molar-refractivity contribution in [2.45, 2.75) is 44.0 Å². The minimum Gasteiger partial charge on any atom is -0.393 e. The first kappa shape index (κ1) is 20.0. The van der Waals surface area contributed by atoms with Gasteiger partial charge in [0.25, 0.3) is 0 Å². The zero-order chi connectivity index (χ0) is 20.4. The summed E-state index contributed by atoms with van der Waals surface area (Å²) in [6, 6.07) is 5.43. The third kappa shape index (κ3) is 4.67. The number of aliphatic hydroxyl groups excluding tert-OH is 1. The number of benzene rings is 1. The molecule has 0 aliphatic carbocycles. The smallest absolute Gasteiger partial charge is 0.393 e. The average molecular weight is 407 g/mol. The number of aliphatic hydroxyl groups is 1. The molecule has 4 rings (SSSR count). The van der Waals surface area contributed by atoms with Crippen LogP contribution < -0.4 is 4.90 Å². The molecule has 0 atom stereocenters. The summed E-state index contributed by atoms with van der Waals surface area (Å²) in [5, 5.41) is 17.8. The summed E-state index contributed by atoms with van der Waals surface area (Å²) in [4.78, 5) is 9.07. The van der Waals surface area contributed by atoms with Gasteiger partial charge in [0.05, 0.1) is 23.6 Å². The van der Waals surface area contributed by atoms with Gasteiger partial charge in [-0.3, -0.25) is 0 Å². The van der Waals surface area contributed by atoms with Crippen molar-refractivity contribution in [1.82, 2.24) is 20.1 Å². The quantitative estimate of drug-likeness (QED) is 0.844. The number of rotatable bonds is 3. The van der Waals surface area contributed by atoms with Gasteiger partial charge in [-0.2, -0.15) is 18.3 Å². The number of likely N-dealkylation sites (tertiary alicyclic amines) is 1. The molecule has 2 aliphatic rings. The van der Waals surface area contributed by atoms with E-state index >= 15 is 0 Å². The summed E-state index contributed by atoms with van der Waals surface area (Å²) >= 11 is 0. The lowest BCUT2D eigenvalue weighted by Crippen LogP contribution is -2.48. The van der Waals surface area contributed by atoms with Crippen LogP contribution in [0.5, 0.6) is 0 Å². The number of alkyl halides is 3. The Kier molecular flexibility index (Phi) is 5.69. The van der Waals surface area contributed by atoms with E-state index in [1.165, 1.54) is 18.3 Å². The molecule has 0 unspecified atom stereocenters. The minimum atomic E-state index is -4.36. The van der Waals surface area contributed by atoms with Crippen molar-refractivity contribution >= 4 is 5.95 Å². The second-order valence-electron chi connectivity index (χ2n) is 7.70. The molecule has 0 bridgehead atoms. The molecule has 0 radical (unpaired) electrons. The molecule has 2 saturated heterocycles. The lowest BCUT2D eigenvalue weighted by molar-refractivity contribution is -0.137. The number of aromatic nitrogens is 3. The molecule has 3 heterocycles. The van der Waals surface area contributed by atoms with Crippen LogP contribution in [0.15, 0.2) is 30.5 Å². The maximum atomic E-state index is 12.8. The van der Waals surface area contributed by atoms with Gasteiger partial charge in [0, 0.05) is 37.8 Å². The monoisotopic (exact) mass is 407 g/mol. The third-order valence-corrected chi connectivity index (χ3v) is 5.82. The van der Waals surface area contributed by atoms with E-state index in [4.69, 9.17) is 0 Å². The Morgan fingerprint density at radius 2 is 1.59 bits per heavy atom. The summed E-state index contributed by atoms with van der Waals surface area (Å²) < 4.78 is 38.3. The van der Waals surface area contributed by atoms with Crippen LogP contribution in [0.2, 0.25) is 0 Å². The Hall–Kier alpha value is -2.26. The predicted molar refractivity (Wildman–Crippen MR) is 102 cm³/mol. The molecule has 9 heteroatoms. The van der Waals surface area contributed by atoms with Crippen molar-refractivity contribution in [3.8, 4) is 11.3 Å². The van der Waals surface area contributed by atoms with Crippen molar-refractivity contribution in [1.29, 1.82) is 0 Å². The van der Waals surface area contributed by atoms with Gasteiger partial charge in [0.15, 0.2) is 0 Å². The van der Waals surface area contributed by atoms with E-state index in [0.29, 0.717) is 23.2 Å². The van der Waals surface area contributed by atoms with Crippen LogP contribution in [0.3, 0.4) is 0 Å². The highest BCUT2D eigenvalue weighted by Crippen LogP contribution is 2.31. The first-order valence-electron chi connectivity index (χ1n) is 9.94. The van der Waals surface area contributed by atoms with Gasteiger partial charge in [-0.1, -0.05) is 12.1 Å². The van der Waals surface area contributed by atoms with Crippen molar-refractivity contribution in [3.63, 3.8) is 0 Å². The van der Waals surface area contributed by atoms with E-state index in [9.17, 15) is 18.3 Å². The highest BCUT2D eigenvalue weighted by atomic mass is 19.4. The first-order chi connectivity index (χ1) is 13.9. The van der Waals surface area contributed by atoms with E-state index in [-0.39, 0.29) is 6.10 Å². The predicted octanol–water partition coefficient (Wildman–Crippen LogP) is 2.98. The number of hydrogen-bond donors (Lipinski definition) is 1. The Bertz CT molecular complexity index is 814. The Labute approximate surface area is 167 Å². The van der Waals surface area contributed by atoms with E-state index in [0.717, 1.165) is 64.0 Å². The molecule has 2 aromatic rings. The zero-order valence-corrected chi connectivity index (χ0v) is 16.0. The molecule has 1 aromatic carbocycles. The third-order valence-electron chi connectivity index (χ3n) is 5.82. The SMILES string of the molecule is OC1CCN(C2CCN(c3nncc(-c4ccc(C(F)(F)F)cc4)n3)CC2)CC1. The number of hydrogen-bond acceptors (Lipinski definition) is 6. The second kappa shape index (κ2) is 8.23. The van der Waals surface area contributed by atoms with Gasteiger partial charge in [0.1, 0.15) is 0 Å². The highest BCUT2D eigenvalue weighted by molar-refractivity contribution is 5.59. The molecule has 0 spiro atoms. The molecule has 2 aliphatic heterocycles. The number of piperidine rings is 2. The molecule has 0 amide bonds. The molecule has 2 fully saturated rings. The largest absolute Gasteiger partial charge is 0.416 e. The second-order valence-corrected chi connectivity index (χ2v) is 7.70. The summed E-state index contributed by atoms with van der Waals surface area (Å²) in [7, 11) is 0. The molecule has 1 aromatic heterocycles. The molecular weight excluding hydrogens is 383 g/mol. The van der Waals surface area contributed by atoms with Gasteiger partial charge in [-0.05, 0) is 37.8 Å². The zero-order valence-electron chi connectivity index (χ0n) is 16.0. The van der Waals surface area contributed by atoms with Crippen LogP contribution >= 0.6 is 0 Å². The molecular formula is C20H24F3N5O. The Morgan fingerprint density at radius 3 is 2.21 bits per heavy atom. The van der Waals surface area contributed by atoms with Gasteiger partial charge in [-0.15, -0.1) is 5.10 Å². The molecule has 0 saturated carbocycles. The molecule has 156 valence electrons. The summed E-state index contributed by atoms with van der Waals surface area (Å²) in [5.41, 5.74) is 0.405. The van der Waals surface area contributed by atoms with Crippen LogP contribution in [0.4, 0.5) is 19.1 Å². The Balaban J connectivity index is 1.40. The van der Waals surface area contributed by atoms with Gasteiger partial charge >= 0.3 is 6.18 Å². The van der Waals surface area contributed by atoms with E-state index < -0.39 is 11.7 Å². The lowest BCUT2D eigenvalue weighted by Gasteiger charge is -2.41. The maximum absolute atomic E-state index is 12.8. The van der Waals surface area contributed by atoms with Crippen molar-refractivity contribution < 1.29 is 18.3 Å². The fourth-order valence-electron chi connectivity index (χ4n) is 4.08. The fraction of sp³-hybridized carbons (Fsp3) is 0.550. The number of anilines is 1. The van der Waals surface area contributed by atoms with E-state index in [1.54, 1.807) is 0 Å². The van der Waals surface area contributed by atoms with Crippen LogP contribution in [-0.2, 0) is 6.18 Å². The summed E-state index contributed by atoms with van der Waals surface area (Å²) in [6.07, 6.45) is 0.597. The van der Waals surface area contributed by atoms with E-state index in [2.05, 4.69) is 25.0 Å². The minimum absolute atomic E-state index is 0.168. The maximum Gasteiger partial charge on any atom is 0.416 e. The number of halogens is 3. The van der Waals surface area contributed by atoms with Crippen LogP contribution in [0.1, 0.15) is 31.2 Å². The normalized spacial score (nSPS) is 20.2. The topological polar surface area (TPSA) is 65.4 Å². The molecule has 1 N–H and O–H groups in total. The van der Waals surface area contributed by atoms with Crippen molar-refractivity contribution in [2.24, 2.45) is 0 Å². The van der Waals surface area contributed by atoms with Crippen LogP contribution in [-0.4, -0.2) is 63.5 Å². The van der Waals surface area contributed by atoms with E-state index in [1.807, 2.05) is 0 Å². The highest BCUT2D eigenvalue weighted by Gasteiger charge is 2.30. The summed E-state index contributed by atoms with van der Waals surface area (Å²) in [5.74, 6) is 0.509. The van der Waals surface area contributed by atoms with Gasteiger partial charge < -0.3 is 14.9 Å². The number of nitrogens with zero attached hydrogens (tertiary/aromatic N) is 5. The lowest BCUT2D eigenvalue weighted by atomic mass is 9.99. The Morgan fingerprint density at radius 1 is 0.931 bits per heavy atom. The fourth-order valence-corrected chi connectivity index (χ4v) is 4.08. The molecule has 29 heavy (non-hydrogen) atoms. The molecule has 6 nitrogen and oxygen atoms in total. The van der Waals surface area contributed by atoms with Crippen molar-refractivity contribution in [3.05, 3.63) is 36.0 Å². The van der Waals surface area contributed by atoms with Gasteiger partial charge in [-0.25, -0.2) is 4.98 Å². The standard InChI is InChI=1S/C20H24F3N5O/c21-20(22,23)15-3-1-14(2-4-15)18-13-24-26-19(25-18)28-9-5-16(6-10-28)27-11-7-17(29)8-12-27/h1-4,13,16-17,29H,5-12H2. The van der Waals surface area contributed by atoms with Crippen LogP contribution in [0.25, 0.3) is 11.3 Å². The average Bonchev–Trinajstić information content (AvgIpc) is 2.74. The summed E-state index contributed by atoms with van der Waals surface area (Å²) in [6.45, 7) is 3.49. The van der Waals surface area contributed by atoms with Crippen LogP contribution in [0, 0.1) is 0 Å². The van der Waals surface area contributed by atoms with Gasteiger partial charge in [0.2, 0.25) is 5.95 Å².